The summed E-state index contributed by atoms with van der Waals surface area (Å²) in [5.74, 6) is 0.328. The number of hydrogen-bond donors (Lipinski definition) is 0. The van der Waals surface area contributed by atoms with E-state index >= 15 is 0 Å². The molecule has 5 nitrogen and oxygen atoms in total. The van der Waals surface area contributed by atoms with Crippen LogP contribution in [0, 0.1) is 5.41 Å². The van der Waals surface area contributed by atoms with E-state index in [4.69, 9.17) is 4.74 Å². The third-order valence-electron chi connectivity index (χ3n) is 5.67. The van der Waals surface area contributed by atoms with Gasteiger partial charge in [0.1, 0.15) is 0 Å². The zero-order valence-corrected chi connectivity index (χ0v) is 14.8. The minimum absolute atomic E-state index is 0.161. The number of hydrogen-bond acceptors (Lipinski definition) is 4. The monoisotopic (exact) mass is 339 g/mol. The van der Waals surface area contributed by atoms with E-state index in [0.29, 0.717) is 12.5 Å². The Labute approximate surface area is 148 Å². The molecule has 132 valence electrons. The third kappa shape index (κ3) is 3.14. The van der Waals surface area contributed by atoms with Crippen molar-refractivity contribution in [2.75, 3.05) is 39.9 Å². The van der Waals surface area contributed by atoms with Crippen molar-refractivity contribution < 1.29 is 9.53 Å². The van der Waals surface area contributed by atoms with Crippen LogP contribution in [-0.4, -0.2) is 60.6 Å². The molecule has 0 radical (unpaired) electrons. The van der Waals surface area contributed by atoms with Crippen LogP contribution >= 0.6 is 0 Å². The van der Waals surface area contributed by atoms with E-state index in [1.54, 1.807) is 7.11 Å². The molecule has 1 aromatic carbocycles. The molecule has 2 aromatic rings. The molecule has 2 saturated heterocycles. The molecule has 4 rings (SSSR count). The number of benzene rings is 1. The lowest BCUT2D eigenvalue weighted by Crippen LogP contribution is -2.38. The highest BCUT2D eigenvalue weighted by molar-refractivity contribution is 5.85. The lowest BCUT2D eigenvalue weighted by Gasteiger charge is -2.23. The van der Waals surface area contributed by atoms with E-state index in [1.165, 1.54) is 10.9 Å². The number of carbonyl (C=O) groups excluding carboxylic acids is 1. The van der Waals surface area contributed by atoms with Gasteiger partial charge in [-0.3, -0.25) is 14.7 Å². The van der Waals surface area contributed by atoms with Crippen LogP contribution in [0.3, 0.4) is 0 Å². The van der Waals surface area contributed by atoms with E-state index in [1.807, 2.05) is 17.2 Å². The summed E-state index contributed by atoms with van der Waals surface area (Å²) in [7, 11) is 1.69. The average Bonchev–Trinajstić information content (AvgIpc) is 3.18. The molecule has 1 spiro atoms. The van der Waals surface area contributed by atoms with E-state index in [-0.39, 0.29) is 5.41 Å². The lowest BCUT2D eigenvalue weighted by atomic mass is 9.85. The Bertz CT molecular complexity index is 778. The zero-order chi connectivity index (χ0) is 17.3. The summed E-state index contributed by atoms with van der Waals surface area (Å²) in [6, 6.07) is 10.5. The first-order valence-electron chi connectivity index (χ1n) is 9.05. The van der Waals surface area contributed by atoms with Crippen LogP contribution in [-0.2, 0) is 16.1 Å². The van der Waals surface area contributed by atoms with Gasteiger partial charge in [-0.2, -0.15) is 0 Å². The molecule has 2 aliphatic rings. The molecule has 25 heavy (non-hydrogen) atoms. The second-order valence-electron chi connectivity index (χ2n) is 7.31. The molecule has 2 fully saturated rings. The molecule has 3 heterocycles. The van der Waals surface area contributed by atoms with Crippen LogP contribution in [0.1, 0.15) is 18.4 Å². The predicted octanol–water partition coefficient (Wildman–Crippen LogP) is 2.31. The Morgan fingerprint density at radius 3 is 3.00 bits per heavy atom. The largest absolute Gasteiger partial charge is 0.383 e. The van der Waals surface area contributed by atoms with Crippen molar-refractivity contribution in [1.29, 1.82) is 0 Å². The van der Waals surface area contributed by atoms with Crippen LogP contribution in [0.4, 0.5) is 0 Å². The van der Waals surface area contributed by atoms with E-state index < -0.39 is 0 Å². The Hall–Kier alpha value is -1.98. The van der Waals surface area contributed by atoms with Crippen molar-refractivity contribution in [1.82, 2.24) is 14.8 Å². The van der Waals surface area contributed by atoms with Gasteiger partial charge < -0.3 is 9.64 Å². The summed E-state index contributed by atoms with van der Waals surface area (Å²) in [5.41, 5.74) is 2.16. The van der Waals surface area contributed by atoms with Crippen molar-refractivity contribution in [2.45, 2.75) is 19.4 Å². The molecule has 0 N–H and O–H groups in total. The first-order chi connectivity index (χ1) is 12.2. The lowest BCUT2D eigenvalue weighted by molar-refractivity contribution is -0.136. The number of ether oxygens (including phenoxy) is 1. The van der Waals surface area contributed by atoms with Gasteiger partial charge in [-0.05, 0) is 43.1 Å². The quantitative estimate of drug-likeness (QED) is 0.839. The van der Waals surface area contributed by atoms with Crippen LogP contribution in [0.5, 0.6) is 0 Å². The molecular formula is C20H25N3O2. The number of fused-ring (bicyclic) bond motifs is 1. The molecule has 1 atom stereocenters. The standard InChI is InChI=1S/C20H25N3O2/c1-25-12-11-23-10-7-20(19(23)24)6-9-22(15-20)14-16-4-5-18-17(13-16)3-2-8-21-18/h2-5,8,13H,6-7,9-12,14-15H2,1H3. The number of pyridine rings is 1. The van der Waals surface area contributed by atoms with E-state index in [2.05, 4.69) is 34.1 Å². The maximum absolute atomic E-state index is 12.8. The number of nitrogens with zero attached hydrogens (tertiary/aromatic N) is 3. The minimum Gasteiger partial charge on any atom is -0.383 e. The van der Waals surface area contributed by atoms with Gasteiger partial charge in [0.15, 0.2) is 0 Å². The van der Waals surface area contributed by atoms with Crippen molar-refractivity contribution in [2.24, 2.45) is 5.41 Å². The summed E-state index contributed by atoms with van der Waals surface area (Å²) in [6.45, 7) is 4.98. The number of carbonyl (C=O) groups is 1. The predicted molar refractivity (Wildman–Crippen MR) is 97.1 cm³/mol. The van der Waals surface area contributed by atoms with Crippen LogP contribution in [0.25, 0.3) is 10.9 Å². The fourth-order valence-corrected chi connectivity index (χ4v) is 4.26. The fraction of sp³-hybridized carbons (Fsp3) is 0.500. The second kappa shape index (κ2) is 6.73. The number of amides is 1. The molecule has 2 aliphatic heterocycles. The van der Waals surface area contributed by atoms with Gasteiger partial charge in [0.2, 0.25) is 5.91 Å². The minimum atomic E-state index is -0.161. The summed E-state index contributed by atoms with van der Waals surface area (Å²) in [6.07, 6.45) is 3.78. The Morgan fingerprint density at radius 2 is 2.12 bits per heavy atom. The highest BCUT2D eigenvalue weighted by atomic mass is 16.5. The fourth-order valence-electron chi connectivity index (χ4n) is 4.26. The van der Waals surface area contributed by atoms with Crippen molar-refractivity contribution in [3.05, 3.63) is 42.1 Å². The van der Waals surface area contributed by atoms with Crippen molar-refractivity contribution in [3.63, 3.8) is 0 Å². The molecular weight excluding hydrogens is 314 g/mol. The van der Waals surface area contributed by atoms with Gasteiger partial charge in [0.25, 0.3) is 0 Å². The summed E-state index contributed by atoms with van der Waals surface area (Å²) < 4.78 is 5.13. The summed E-state index contributed by atoms with van der Waals surface area (Å²) in [4.78, 5) is 21.6. The first-order valence-corrected chi connectivity index (χ1v) is 9.05. The Morgan fingerprint density at radius 1 is 1.24 bits per heavy atom. The van der Waals surface area contributed by atoms with Crippen LogP contribution in [0.2, 0.25) is 0 Å². The number of likely N-dealkylation sites (tertiary alicyclic amines) is 2. The molecule has 1 aromatic heterocycles. The summed E-state index contributed by atoms with van der Waals surface area (Å²) in [5, 5.41) is 1.18. The third-order valence-corrected chi connectivity index (χ3v) is 5.67. The first kappa shape index (κ1) is 16.5. The number of methoxy groups -OCH3 is 1. The molecule has 5 heteroatoms. The normalized spacial score (nSPS) is 24.0. The van der Waals surface area contributed by atoms with Crippen molar-refractivity contribution >= 4 is 16.8 Å². The van der Waals surface area contributed by atoms with Crippen LogP contribution < -0.4 is 0 Å². The van der Waals surface area contributed by atoms with Gasteiger partial charge in [-0.25, -0.2) is 0 Å². The van der Waals surface area contributed by atoms with Crippen LogP contribution in [0.15, 0.2) is 36.5 Å². The molecule has 1 unspecified atom stereocenters. The zero-order valence-electron chi connectivity index (χ0n) is 14.8. The summed E-state index contributed by atoms with van der Waals surface area (Å²) >= 11 is 0. The van der Waals surface area contributed by atoms with Gasteiger partial charge in [0, 0.05) is 44.9 Å². The van der Waals surface area contributed by atoms with Crippen molar-refractivity contribution in [3.8, 4) is 0 Å². The van der Waals surface area contributed by atoms with Gasteiger partial charge in [-0.1, -0.05) is 12.1 Å². The number of rotatable bonds is 5. The highest BCUT2D eigenvalue weighted by Gasteiger charge is 2.50. The molecule has 0 bridgehead atoms. The second-order valence-corrected chi connectivity index (χ2v) is 7.31. The van der Waals surface area contributed by atoms with Gasteiger partial charge in [0.05, 0.1) is 17.5 Å². The molecule has 0 aliphatic carbocycles. The molecule has 0 saturated carbocycles. The Balaban J connectivity index is 1.43. The SMILES string of the molecule is COCCN1CCC2(CCN(Cc3ccc4ncccc4c3)C2)C1=O. The Kier molecular flexibility index (Phi) is 4.44. The highest BCUT2D eigenvalue weighted by Crippen LogP contribution is 2.41. The maximum Gasteiger partial charge on any atom is 0.230 e. The molecule has 1 amide bonds. The number of aromatic nitrogens is 1. The van der Waals surface area contributed by atoms with Gasteiger partial charge in [-0.15, -0.1) is 0 Å². The smallest absolute Gasteiger partial charge is 0.230 e. The maximum atomic E-state index is 12.8. The van der Waals surface area contributed by atoms with E-state index in [9.17, 15) is 4.79 Å². The topological polar surface area (TPSA) is 45.7 Å². The van der Waals surface area contributed by atoms with E-state index in [0.717, 1.165) is 51.1 Å². The van der Waals surface area contributed by atoms with Gasteiger partial charge >= 0.3 is 0 Å². The average molecular weight is 339 g/mol.